The van der Waals surface area contributed by atoms with E-state index < -0.39 is 17.9 Å². The second kappa shape index (κ2) is 7.74. The van der Waals surface area contributed by atoms with Crippen molar-refractivity contribution in [2.75, 3.05) is 6.54 Å². The van der Waals surface area contributed by atoms with Crippen LogP contribution in [0.25, 0.3) is 0 Å². The Morgan fingerprint density at radius 1 is 1.37 bits per heavy atom. The molecule has 9 heteroatoms. The molecule has 2 atom stereocenters. The van der Waals surface area contributed by atoms with E-state index in [0.29, 0.717) is 44.5 Å². The van der Waals surface area contributed by atoms with Crippen molar-refractivity contribution in [3.05, 3.63) is 35.4 Å². The van der Waals surface area contributed by atoms with Gasteiger partial charge in [0.25, 0.3) is 0 Å². The monoisotopic (exact) mass is 383 g/mol. The molecule has 0 bridgehead atoms. The maximum absolute atomic E-state index is 13.3. The first-order chi connectivity index (χ1) is 12.8. The number of halogens is 3. The van der Waals surface area contributed by atoms with Crippen LogP contribution in [0.4, 0.5) is 13.2 Å². The smallest absolute Gasteiger partial charge is 0.354 e. The molecule has 1 N–H and O–H groups in total. The van der Waals surface area contributed by atoms with Crippen molar-refractivity contribution in [1.82, 2.24) is 24.9 Å². The van der Waals surface area contributed by atoms with Gasteiger partial charge in [0.2, 0.25) is 5.91 Å². The Morgan fingerprint density at radius 2 is 2.15 bits per heavy atom. The molecule has 0 unspecified atom stereocenters. The van der Waals surface area contributed by atoms with Gasteiger partial charge in [-0.25, -0.2) is 0 Å². The van der Waals surface area contributed by atoms with Crippen LogP contribution in [0.1, 0.15) is 49.7 Å². The van der Waals surface area contributed by atoms with E-state index in [1.165, 1.54) is 4.68 Å². The SMILES string of the molecule is CC[C@@H](C(=O)NC[C@@H](C)Cn1cccn1)n1nc(C(F)(F)F)c2c1CCC2. The average Bonchev–Trinajstić information content (AvgIpc) is 3.31. The van der Waals surface area contributed by atoms with E-state index in [1.54, 1.807) is 17.8 Å². The van der Waals surface area contributed by atoms with Crippen LogP contribution >= 0.6 is 0 Å². The van der Waals surface area contributed by atoms with Gasteiger partial charge in [-0.2, -0.15) is 23.4 Å². The summed E-state index contributed by atoms with van der Waals surface area (Å²) in [5.74, 6) is -0.156. The summed E-state index contributed by atoms with van der Waals surface area (Å²) in [4.78, 5) is 12.7. The largest absolute Gasteiger partial charge is 0.435 e. The van der Waals surface area contributed by atoms with Crippen molar-refractivity contribution in [3.8, 4) is 0 Å². The van der Waals surface area contributed by atoms with Gasteiger partial charge in [-0.15, -0.1) is 0 Å². The lowest BCUT2D eigenvalue weighted by Crippen LogP contribution is -2.36. The number of hydrogen-bond donors (Lipinski definition) is 1. The molecule has 0 spiro atoms. The predicted molar refractivity (Wildman–Crippen MR) is 93.0 cm³/mol. The summed E-state index contributed by atoms with van der Waals surface area (Å²) in [7, 11) is 0. The Bertz CT molecular complexity index is 782. The fourth-order valence-electron chi connectivity index (χ4n) is 3.60. The average molecular weight is 383 g/mol. The van der Waals surface area contributed by atoms with Crippen LogP contribution in [0.5, 0.6) is 0 Å². The van der Waals surface area contributed by atoms with Crippen LogP contribution in [0.2, 0.25) is 0 Å². The number of carbonyl (C=O) groups excluding carboxylic acids is 1. The second-order valence-corrected chi connectivity index (χ2v) is 7.07. The van der Waals surface area contributed by atoms with Crippen molar-refractivity contribution >= 4 is 5.91 Å². The van der Waals surface area contributed by atoms with Gasteiger partial charge >= 0.3 is 6.18 Å². The molecule has 6 nitrogen and oxygen atoms in total. The van der Waals surface area contributed by atoms with E-state index in [2.05, 4.69) is 15.5 Å². The fraction of sp³-hybridized carbons (Fsp3) is 0.611. The Kier molecular flexibility index (Phi) is 5.57. The lowest BCUT2D eigenvalue weighted by Gasteiger charge is -2.20. The van der Waals surface area contributed by atoms with Gasteiger partial charge in [0.05, 0.1) is 0 Å². The molecule has 1 amide bonds. The third-order valence-electron chi connectivity index (χ3n) is 4.89. The molecule has 2 aromatic rings. The summed E-state index contributed by atoms with van der Waals surface area (Å²) in [6.45, 7) is 4.84. The van der Waals surface area contributed by atoms with E-state index in [1.807, 2.05) is 19.2 Å². The third-order valence-corrected chi connectivity index (χ3v) is 4.89. The van der Waals surface area contributed by atoms with Crippen LogP contribution in [-0.2, 0) is 30.4 Å². The lowest BCUT2D eigenvalue weighted by molar-refractivity contribution is -0.142. The van der Waals surface area contributed by atoms with Crippen molar-refractivity contribution in [3.63, 3.8) is 0 Å². The summed E-state index contributed by atoms with van der Waals surface area (Å²) in [5.41, 5.74) is -0.0389. The van der Waals surface area contributed by atoms with E-state index in [4.69, 9.17) is 0 Å². The number of carbonyl (C=O) groups is 1. The van der Waals surface area contributed by atoms with E-state index in [0.717, 1.165) is 0 Å². The minimum atomic E-state index is -4.49. The first-order valence-corrected chi connectivity index (χ1v) is 9.23. The maximum Gasteiger partial charge on any atom is 0.435 e. The summed E-state index contributed by atoms with van der Waals surface area (Å²) in [6.07, 6.45) is 0.974. The van der Waals surface area contributed by atoms with Crippen molar-refractivity contribution in [2.24, 2.45) is 5.92 Å². The zero-order valence-electron chi connectivity index (χ0n) is 15.5. The van der Waals surface area contributed by atoms with Crippen LogP contribution in [0.15, 0.2) is 18.5 Å². The molecule has 2 aromatic heterocycles. The minimum absolute atomic E-state index is 0.139. The Morgan fingerprint density at radius 3 is 2.78 bits per heavy atom. The summed E-state index contributed by atoms with van der Waals surface area (Å²) in [5, 5.41) is 10.8. The Hall–Kier alpha value is -2.32. The number of rotatable bonds is 7. The van der Waals surface area contributed by atoms with Gasteiger partial charge < -0.3 is 5.32 Å². The standard InChI is InChI=1S/C18H24F3N5O/c1-3-14(17(27)22-10-12(2)11-25-9-5-8-23-25)26-15-7-4-6-13(15)16(24-26)18(19,20)21/h5,8-9,12,14H,3-4,6-7,10-11H2,1-2H3,(H,22,27)/t12-,14+/m1/s1. The minimum Gasteiger partial charge on any atom is -0.354 e. The summed E-state index contributed by atoms with van der Waals surface area (Å²) < 4.78 is 42.9. The topological polar surface area (TPSA) is 64.7 Å². The highest BCUT2D eigenvalue weighted by molar-refractivity contribution is 5.80. The zero-order chi connectivity index (χ0) is 19.6. The normalized spacial score (nSPS) is 16.2. The van der Waals surface area contributed by atoms with Crippen LogP contribution in [0, 0.1) is 5.92 Å². The maximum atomic E-state index is 13.3. The van der Waals surface area contributed by atoms with Gasteiger partial charge in [-0.3, -0.25) is 14.2 Å². The highest BCUT2D eigenvalue weighted by Gasteiger charge is 2.41. The molecule has 0 fully saturated rings. The molecule has 0 saturated carbocycles. The molecule has 0 saturated heterocycles. The molecular weight excluding hydrogens is 359 g/mol. The van der Waals surface area contributed by atoms with E-state index in [-0.39, 0.29) is 17.4 Å². The van der Waals surface area contributed by atoms with E-state index in [9.17, 15) is 18.0 Å². The Balaban J connectivity index is 1.70. The van der Waals surface area contributed by atoms with Crippen molar-refractivity contribution in [2.45, 2.75) is 58.3 Å². The number of amides is 1. The number of nitrogens with zero attached hydrogens (tertiary/aromatic N) is 4. The van der Waals surface area contributed by atoms with Crippen molar-refractivity contribution < 1.29 is 18.0 Å². The molecule has 148 valence electrons. The molecule has 0 aliphatic heterocycles. The van der Waals surface area contributed by atoms with Gasteiger partial charge in [0.15, 0.2) is 5.69 Å². The second-order valence-electron chi connectivity index (χ2n) is 7.07. The summed E-state index contributed by atoms with van der Waals surface area (Å²) >= 11 is 0. The fourth-order valence-corrected chi connectivity index (χ4v) is 3.60. The quantitative estimate of drug-likeness (QED) is 0.799. The third kappa shape index (κ3) is 4.17. The zero-order valence-corrected chi connectivity index (χ0v) is 15.5. The molecular formula is C18H24F3N5O. The van der Waals surface area contributed by atoms with Crippen molar-refractivity contribution in [1.29, 1.82) is 0 Å². The van der Waals surface area contributed by atoms with E-state index >= 15 is 0 Å². The first kappa shape index (κ1) is 19.4. The molecule has 27 heavy (non-hydrogen) atoms. The number of alkyl halides is 3. The van der Waals surface area contributed by atoms with Crippen LogP contribution in [-0.4, -0.2) is 32.0 Å². The first-order valence-electron chi connectivity index (χ1n) is 9.23. The highest BCUT2D eigenvalue weighted by atomic mass is 19.4. The number of hydrogen-bond acceptors (Lipinski definition) is 3. The summed E-state index contributed by atoms with van der Waals surface area (Å²) in [6, 6.07) is 1.10. The molecule has 1 aliphatic rings. The van der Waals surface area contributed by atoms with Gasteiger partial charge in [-0.1, -0.05) is 13.8 Å². The molecule has 0 aromatic carbocycles. The predicted octanol–water partition coefficient (Wildman–Crippen LogP) is 2.99. The van der Waals surface area contributed by atoms with Crippen LogP contribution in [0.3, 0.4) is 0 Å². The number of nitrogens with one attached hydrogen (secondary N) is 1. The molecule has 3 rings (SSSR count). The molecule has 0 radical (unpaired) electrons. The van der Waals surface area contributed by atoms with Gasteiger partial charge in [0.1, 0.15) is 6.04 Å². The highest BCUT2D eigenvalue weighted by Crippen LogP contribution is 2.37. The van der Waals surface area contributed by atoms with Gasteiger partial charge in [-0.05, 0) is 37.7 Å². The number of fused-ring (bicyclic) bond motifs is 1. The molecule has 1 aliphatic carbocycles. The van der Waals surface area contributed by atoms with Crippen LogP contribution < -0.4 is 5.32 Å². The van der Waals surface area contributed by atoms with Gasteiger partial charge in [0, 0.05) is 36.7 Å². The number of aromatic nitrogens is 4. The molecule has 2 heterocycles. The Labute approximate surface area is 155 Å². The lowest BCUT2D eigenvalue weighted by atomic mass is 10.1.